The Bertz CT molecular complexity index is 414. The summed E-state index contributed by atoms with van der Waals surface area (Å²) >= 11 is 0. The Kier molecular flexibility index (Phi) is 3.71. The van der Waals surface area contributed by atoms with Gasteiger partial charge in [0.1, 0.15) is 0 Å². The third kappa shape index (κ3) is 3.01. The molecule has 2 rings (SSSR count). The second-order valence-corrected chi connectivity index (χ2v) is 4.28. The molecular formula is C12H16N2O3. The smallest absolute Gasteiger partial charge is 0.274 e. The summed E-state index contributed by atoms with van der Waals surface area (Å²) in [5.74, 6) is 0. The van der Waals surface area contributed by atoms with E-state index in [4.69, 9.17) is 4.74 Å². The average Bonchev–Trinajstić information content (AvgIpc) is 2.32. The zero-order valence-electron chi connectivity index (χ0n) is 9.89. The van der Waals surface area contributed by atoms with Crippen molar-refractivity contribution in [2.45, 2.75) is 13.5 Å². The van der Waals surface area contributed by atoms with E-state index in [1.807, 2.05) is 19.1 Å². The predicted molar refractivity (Wildman–Crippen MR) is 63.9 cm³/mol. The van der Waals surface area contributed by atoms with E-state index in [2.05, 4.69) is 4.90 Å². The molecule has 1 saturated heterocycles. The number of hydrogen-bond donors (Lipinski definition) is 0. The number of aryl methyl sites for hydroxylation is 1. The molecule has 1 aromatic carbocycles. The third-order valence-electron chi connectivity index (χ3n) is 2.94. The topological polar surface area (TPSA) is 55.6 Å². The Morgan fingerprint density at radius 1 is 1.41 bits per heavy atom. The van der Waals surface area contributed by atoms with Crippen molar-refractivity contribution in [3.8, 4) is 0 Å². The standard InChI is InChI=1S/C12H16N2O3/c1-10-2-3-11(12(8-10)14(15)16)9-13-4-6-17-7-5-13/h2-3,8H,4-7,9H2,1H3. The summed E-state index contributed by atoms with van der Waals surface area (Å²) in [5.41, 5.74) is 1.92. The van der Waals surface area contributed by atoms with Crippen molar-refractivity contribution in [3.05, 3.63) is 39.4 Å². The van der Waals surface area contributed by atoms with Gasteiger partial charge in [0.2, 0.25) is 0 Å². The first-order chi connectivity index (χ1) is 8.16. The minimum Gasteiger partial charge on any atom is -0.379 e. The maximum atomic E-state index is 11.0. The summed E-state index contributed by atoms with van der Waals surface area (Å²) in [7, 11) is 0. The molecule has 0 aliphatic carbocycles. The molecule has 5 nitrogen and oxygen atoms in total. The summed E-state index contributed by atoms with van der Waals surface area (Å²) < 4.78 is 5.26. The van der Waals surface area contributed by atoms with E-state index in [1.165, 1.54) is 0 Å². The first-order valence-corrected chi connectivity index (χ1v) is 5.71. The van der Waals surface area contributed by atoms with Gasteiger partial charge in [-0.15, -0.1) is 0 Å². The number of morpholine rings is 1. The molecule has 1 aliphatic heterocycles. The Labute approximate surface area is 100 Å². The summed E-state index contributed by atoms with van der Waals surface area (Å²) in [6, 6.07) is 5.40. The number of rotatable bonds is 3. The maximum Gasteiger partial charge on any atom is 0.274 e. The molecule has 0 radical (unpaired) electrons. The predicted octanol–water partition coefficient (Wildman–Crippen LogP) is 1.74. The highest BCUT2D eigenvalue weighted by Crippen LogP contribution is 2.21. The van der Waals surface area contributed by atoms with Crippen molar-refractivity contribution in [2.24, 2.45) is 0 Å². The minimum absolute atomic E-state index is 0.219. The molecule has 0 unspecified atom stereocenters. The van der Waals surface area contributed by atoms with Crippen LogP contribution < -0.4 is 0 Å². The number of hydrogen-bond acceptors (Lipinski definition) is 4. The van der Waals surface area contributed by atoms with Gasteiger partial charge < -0.3 is 4.74 Å². The van der Waals surface area contributed by atoms with Crippen LogP contribution in [-0.2, 0) is 11.3 Å². The first-order valence-electron chi connectivity index (χ1n) is 5.71. The monoisotopic (exact) mass is 236 g/mol. The van der Waals surface area contributed by atoms with Crippen LogP contribution in [0.1, 0.15) is 11.1 Å². The summed E-state index contributed by atoms with van der Waals surface area (Å²) in [6.45, 7) is 5.58. The van der Waals surface area contributed by atoms with Gasteiger partial charge >= 0.3 is 0 Å². The zero-order valence-corrected chi connectivity index (χ0v) is 9.89. The van der Waals surface area contributed by atoms with Crippen molar-refractivity contribution in [1.82, 2.24) is 4.90 Å². The highest BCUT2D eigenvalue weighted by molar-refractivity contribution is 5.42. The van der Waals surface area contributed by atoms with Crippen LogP contribution in [0.4, 0.5) is 5.69 Å². The number of nitro benzene ring substituents is 1. The van der Waals surface area contributed by atoms with Crippen molar-refractivity contribution in [1.29, 1.82) is 0 Å². The molecule has 17 heavy (non-hydrogen) atoms. The molecule has 0 atom stereocenters. The van der Waals surface area contributed by atoms with Gasteiger partial charge in [0, 0.05) is 31.3 Å². The lowest BCUT2D eigenvalue weighted by atomic mass is 10.1. The van der Waals surface area contributed by atoms with E-state index in [0.29, 0.717) is 19.8 Å². The average molecular weight is 236 g/mol. The van der Waals surface area contributed by atoms with Gasteiger partial charge in [0.25, 0.3) is 5.69 Å². The van der Waals surface area contributed by atoms with Crippen LogP contribution in [0.15, 0.2) is 18.2 Å². The lowest BCUT2D eigenvalue weighted by molar-refractivity contribution is -0.385. The Morgan fingerprint density at radius 2 is 2.12 bits per heavy atom. The molecule has 1 fully saturated rings. The van der Waals surface area contributed by atoms with E-state index < -0.39 is 0 Å². The highest BCUT2D eigenvalue weighted by atomic mass is 16.6. The SMILES string of the molecule is Cc1ccc(CN2CCOCC2)c([N+](=O)[O-])c1. The molecule has 0 aromatic heterocycles. The fraction of sp³-hybridized carbons (Fsp3) is 0.500. The van der Waals surface area contributed by atoms with Crippen molar-refractivity contribution < 1.29 is 9.66 Å². The van der Waals surface area contributed by atoms with Crippen LogP contribution in [0.25, 0.3) is 0 Å². The number of nitrogens with zero attached hydrogens (tertiary/aromatic N) is 2. The summed E-state index contributed by atoms with van der Waals surface area (Å²) in [4.78, 5) is 12.9. The number of ether oxygens (including phenoxy) is 1. The van der Waals surface area contributed by atoms with Crippen molar-refractivity contribution in [2.75, 3.05) is 26.3 Å². The van der Waals surface area contributed by atoms with Crippen molar-refractivity contribution in [3.63, 3.8) is 0 Å². The van der Waals surface area contributed by atoms with Gasteiger partial charge in [-0.3, -0.25) is 15.0 Å². The zero-order chi connectivity index (χ0) is 12.3. The van der Waals surface area contributed by atoms with Gasteiger partial charge in [0.05, 0.1) is 18.1 Å². The molecule has 92 valence electrons. The molecule has 1 aromatic rings. The lowest BCUT2D eigenvalue weighted by Crippen LogP contribution is -2.35. The van der Waals surface area contributed by atoms with Gasteiger partial charge in [-0.25, -0.2) is 0 Å². The fourth-order valence-corrected chi connectivity index (χ4v) is 1.98. The summed E-state index contributed by atoms with van der Waals surface area (Å²) in [5, 5.41) is 11.0. The quantitative estimate of drug-likeness (QED) is 0.592. The lowest BCUT2D eigenvalue weighted by Gasteiger charge is -2.26. The third-order valence-corrected chi connectivity index (χ3v) is 2.94. The molecule has 0 bridgehead atoms. The highest BCUT2D eigenvalue weighted by Gasteiger charge is 2.18. The van der Waals surface area contributed by atoms with Crippen LogP contribution in [-0.4, -0.2) is 36.1 Å². The van der Waals surface area contributed by atoms with Gasteiger partial charge in [0.15, 0.2) is 0 Å². The number of nitro groups is 1. The van der Waals surface area contributed by atoms with Gasteiger partial charge in [-0.2, -0.15) is 0 Å². The molecular weight excluding hydrogens is 220 g/mol. The van der Waals surface area contributed by atoms with E-state index in [-0.39, 0.29) is 10.6 Å². The van der Waals surface area contributed by atoms with Crippen LogP contribution >= 0.6 is 0 Å². The van der Waals surface area contributed by atoms with E-state index in [1.54, 1.807) is 6.07 Å². The Hall–Kier alpha value is -1.46. The molecule has 5 heteroatoms. The van der Waals surface area contributed by atoms with Crippen LogP contribution in [0.3, 0.4) is 0 Å². The first kappa shape index (κ1) is 12.0. The van der Waals surface area contributed by atoms with Gasteiger partial charge in [-0.05, 0) is 12.5 Å². The Balaban J connectivity index is 2.16. The second kappa shape index (κ2) is 5.25. The van der Waals surface area contributed by atoms with E-state index in [9.17, 15) is 10.1 Å². The molecule has 0 N–H and O–H groups in total. The second-order valence-electron chi connectivity index (χ2n) is 4.28. The normalized spacial score (nSPS) is 17.0. The van der Waals surface area contributed by atoms with Gasteiger partial charge in [-0.1, -0.05) is 12.1 Å². The fourth-order valence-electron chi connectivity index (χ4n) is 1.98. The van der Waals surface area contributed by atoms with Crippen LogP contribution in [0, 0.1) is 17.0 Å². The Morgan fingerprint density at radius 3 is 2.76 bits per heavy atom. The number of benzene rings is 1. The molecule has 1 aliphatic rings. The molecule has 0 amide bonds. The maximum absolute atomic E-state index is 11.0. The molecule has 0 saturated carbocycles. The molecule has 0 spiro atoms. The summed E-state index contributed by atoms with van der Waals surface area (Å²) in [6.07, 6.45) is 0. The van der Waals surface area contributed by atoms with E-state index >= 15 is 0 Å². The van der Waals surface area contributed by atoms with E-state index in [0.717, 1.165) is 24.2 Å². The molecule has 1 heterocycles. The largest absolute Gasteiger partial charge is 0.379 e. The van der Waals surface area contributed by atoms with Crippen LogP contribution in [0.5, 0.6) is 0 Å². The van der Waals surface area contributed by atoms with Crippen molar-refractivity contribution >= 4 is 5.69 Å². The minimum atomic E-state index is -0.303. The van der Waals surface area contributed by atoms with Crippen LogP contribution in [0.2, 0.25) is 0 Å².